The van der Waals surface area contributed by atoms with Gasteiger partial charge in [-0.05, 0) is 110 Å². The number of ether oxygens (including phenoxy) is 3. The van der Waals surface area contributed by atoms with Crippen LogP contribution in [0.1, 0.15) is 90.0 Å². The molecule has 1 aliphatic heterocycles. The second kappa shape index (κ2) is 15.5. The lowest BCUT2D eigenvalue weighted by molar-refractivity contribution is -0.247. The standard InChI is InChI=1S/C46H55N7O6S/c1-29-33(20-48-53(29)28-45-23-43(2)22-44(3,24-45)26-46(25-43,27-45)59-19-16-47-15-18-57-4)31-11-13-38(50-39(31)41(55)56)52-17-14-30-34(21-52)32(10-12-36(30)58-5)40(54)51-42-49-35-8-6-7-9-37(35)60-42/h6-13,20,47H,14-19,21-28H2,1-5H3,(H,55,56)(H,49,51,54)/t43-,44+,45+,46-. The molecule has 3 N–H and O–H groups in total. The topological polar surface area (TPSA) is 153 Å². The molecule has 316 valence electrons. The molecule has 13 nitrogen and oxygen atoms in total. The Hall–Kier alpha value is -4.89. The van der Waals surface area contributed by atoms with Crippen LogP contribution < -0.4 is 20.3 Å². The number of amides is 1. The van der Waals surface area contributed by atoms with Crippen LogP contribution in [0, 0.1) is 23.2 Å². The number of carboxylic acids is 1. The maximum absolute atomic E-state index is 13.8. The fourth-order valence-corrected chi connectivity index (χ4v) is 13.2. The molecule has 0 radical (unpaired) electrons. The van der Waals surface area contributed by atoms with Crippen LogP contribution in [-0.2, 0) is 29.0 Å². The SMILES string of the molecule is COCCNCCO[C@]12C[C@@]3(C)C[C@](C)(C[C@](Cn4ncc(-c5ccc(N6CCc7c(OC)ccc(C(=O)Nc8nc9ccccc9s8)c7C6)nc5C(=O)O)c4C)(C3)C1)C2. The number of aromatic carboxylic acids is 1. The Morgan fingerprint density at radius 2 is 1.68 bits per heavy atom. The molecule has 4 atom stereocenters. The fraction of sp³-hybridized carbons (Fsp3) is 0.500. The normalized spacial score (nSPS) is 25.4. The second-order valence-electron chi connectivity index (χ2n) is 18.5. The smallest absolute Gasteiger partial charge is 0.355 e. The van der Waals surface area contributed by atoms with Gasteiger partial charge in [-0.25, -0.2) is 14.8 Å². The van der Waals surface area contributed by atoms with Crippen LogP contribution in [0.3, 0.4) is 0 Å². The van der Waals surface area contributed by atoms with Crippen LogP contribution in [0.2, 0.25) is 0 Å². The Morgan fingerprint density at radius 1 is 0.900 bits per heavy atom. The molecule has 4 aliphatic carbocycles. The number of hydrogen-bond donors (Lipinski definition) is 3. The number of nitrogens with zero attached hydrogens (tertiary/aromatic N) is 5. The summed E-state index contributed by atoms with van der Waals surface area (Å²) in [6.45, 7) is 11.6. The number of methoxy groups -OCH3 is 2. The van der Waals surface area contributed by atoms with E-state index in [4.69, 9.17) is 24.3 Å². The van der Waals surface area contributed by atoms with Gasteiger partial charge >= 0.3 is 5.97 Å². The summed E-state index contributed by atoms with van der Waals surface area (Å²) in [5.74, 6) is -0.121. The molecule has 60 heavy (non-hydrogen) atoms. The van der Waals surface area contributed by atoms with E-state index < -0.39 is 5.97 Å². The van der Waals surface area contributed by atoms with Crippen LogP contribution in [0.5, 0.6) is 5.75 Å². The van der Waals surface area contributed by atoms with Gasteiger partial charge in [0.15, 0.2) is 10.8 Å². The van der Waals surface area contributed by atoms with Crippen molar-refractivity contribution in [3.63, 3.8) is 0 Å². The van der Waals surface area contributed by atoms with E-state index in [0.717, 1.165) is 84.3 Å². The van der Waals surface area contributed by atoms with Gasteiger partial charge in [0.05, 0.1) is 42.3 Å². The highest BCUT2D eigenvalue weighted by Crippen LogP contribution is 2.72. The van der Waals surface area contributed by atoms with Gasteiger partial charge in [0.25, 0.3) is 5.91 Å². The predicted molar refractivity (Wildman–Crippen MR) is 232 cm³/mol. The molecule has 4 fully saturated rings. The lowest BCUT2D eigenvalue weighted by atomic mass is 9.39. The lowest BCUT2D eigenvalue weighted by Gasteiger charge is -2.69. The molecule has 4 heterocycles. The van der Waals surface area contributed by atoms with E-state index in [1.807, 2.05) is 54.3 Å². The molecule has 0 unspecified atom stereocenters. The number of para-hydroxylation sites is 1. The van der Waals surface area contributed by atoms with Crippen molar-refractivity contribution in [3.8, 4) is 16.9 Å². The highest BCUT2D eigenvalue weighted by molar-refractivity contribution is 7.22. The number of carbonyl (C=O) groups excluding carboxylic acids is 1. The Labute approximate surface area is 354 Å². The summed E-state index contributed by atoms with van der Waals surface area (Å²) in [6, 6.07) is 15.1. The monoisotopic (exact) mass is 833 g/mol. The van der Waals surface area contributed by atoms with Crippen molar-refractivity contribution >= 4 is 44.4 Å². The molecule has 0 saturated heterocycles. The van der Waals surface area contributed by atoms with Gasteiger partial charge in [0.1, 0.15) is 11.6 Å². The first-order valence-corrected chi connectivity index (χ1v) is 21.9. The van der Waals surface area contributed by atoms with Gasteiger partial charge in [0, 0.05) is 67.8 Å². The van der Waals surface area contributed by atoms with Crippen molar-refractivity contribution in [2.45, 2.75) is 84.4 Å². The molecule has 1 amide bonds. The zero-order valence-corrected chi connectivity index (χ0v) is 36.0. The molecular formula is C46H55N7O6S. The number of pyridine rings is 1. The fourth-order valence-electron chi connectivity index (χ4n) is 12.3. The Kier molecular flexibility index (Phi) is 10.5. The summed E-state index contributed by atoms with van der Waals surface area (Å²) in [4.78, 5) is 38.2. The number of thiazole rings is 1. The molecular weight excluding hydrogens is 779 g/mol. The first-order valence-electron chi connectivity index (χ1n) is 21.0. The minimum Gasteiger partial charge on any atom is -0.496 e. The van der Waals surface area contributed by atoms with E-state index in [1.165, 1.54) is 17.8 Å². The summed E-state index contributed by atoms with van der Waals surface area (Å²) in [6.07, 6.45) is 9.07. The largest absolute Gasteiger partial charge is 0.496 e. The lowest BCUT2D eigenvalue weighted by Crippen LogP contribution is -2.64. The summed E-state index contributed by atoms with van der Waals surface area (Å²) < 4.78 is 20.9. The highest BCUT2D eigenvalue weighted by Gasteiger charge is 2.66. The van der Waals surface area contributed by atoms with Crippen molar-refractivity contribution in [1.29, 1.82) is 0 Å². The molecule has 10 rings (SSSR count). The van der Waals surface area contributed by atoms with E-state index in [1.54, 1.807) is 26.5 Å². The average molecular weight is 834 g/mol. The third-order valence-electron chi connectivity index (χ3n) is 13.5. The summed E-state index contributed by atoms with van der Waals surface area (Å²) in [5.41, 5.74) is 5.61. The van der Waals surface area contributed by atoms with E-state index in [-0.39, 0.29) is 33.4 Å². The Bertz CT molecular complexity index is 2410. The molecule has 5 aromatic rings. The van der Waals surface area contributed by atoms with Crippen molar-refractivity contribution in [3.05, 3.63) is 82.8 Å². The van der Waals surface area contributed by atoms with Crippen LogP contribution in [0.15, 0.2) is 54.7 Å². The van der Waals surface area contributed by atoms with E-state index >= 15 is 0 Å². The highest BCUT2D eigenvalue weighted by atomic mass is 32.1. The molecule has 14 heteroatoms. The number of fused-ring (bicyclic) bond motifs is 2. The van der Waals surface area contributed by atoms with Crippen LogP contribution in [0.4, 0.5) is 10.9 Å². The molecule has 2 aromatic carbocycles. The van der Waals surface area contributed by atoms with Crippen molar-refractivity contribution in [2.75, 3.05) is 57.3 Å². The number of rotatable bonds is 15. The second-order valence-corrected chi connectivity index (χ2v) is 19.5. The van der Waals surface area contributed by atoms with Gasteiger partial charge in [-0.1, -0.05) is 37.3 Å². The maximum Gasteiger partial charge on any atom is 0.355 e. The van der Waals surface area contributed by atoms with Gasteiger partial charge in [-0.15, -0.1) is 0 Å². The quantitative estimate of drug-likeness (QED) is 0.0888. The number of carboxylic acid groups (broad SMARTS) is 1. The van der Waals surface area contributed by atoms with Gasteiger partial charge in [-0.3, -0.25) is 14.8 Å². The van der Waals surface area contributed by atoms with Gasteiger partial charge in [-0.2, -0.15) is 5.10 Å². The van der Waals surface area contributed by atoms with Crippen molar-refractivity contribution < 1.29 is 28.9 Å². The number of anilines is 2. The van der Waals surface area contributed by atoms with E-state index in [9.17, 15) is 14.7 Å². The average Bonchev–Trinajstić information content (AvgIpc) is 3.78. The first-order chi connectivity index (χ1) is 28.8. The molecule has 4 saturated carbocycles. The van der Waals surface area contributed by atoms with Crippen LogP contribution in [-0.4, -0.2) is 89.4 Å². The van der Waals surface area contributed by atoms with Crippen LogP contribution in [0.25, 0.3) is 21.3 Å². The number of benzene rings is 2. The third-order valence-corrected chi connectivity index (χ3v) is 14.4. The zero-order valence-electron chi connectivity index (χ0n) is 35.2. The third kappa shape index (κ3) is 7.56. The first kappa shape index (κ1) is 40.5. The minimum atomic E-state index is -1.10. The number of nitrogens with one attached hydrogen (secondary N) is 2. The van der Waals surface area contributed by atoms with Gasteiger partial charge in [0.2, 0.25) is 0 Å². The Morgan fingerprint density at radius 3 is 2.43 bits per heavy atom. The van der Waals surface area contributed by atoms with Crippen LogP contribution >= 0.6 is 11.3 Å². The van der Waals surface area contributed by atoms with Gasteiger partial charge < -0.3 is 29.5 Å². The summed E-state index contributed by atoms with van der Waals surface area (Å²) in [5, 5.41) is 22.5. The molecule has 3 aromatic heterocycles. The summed E-state index contributed by atoms with van der Waals surface area (Å²) >= 11 is 1.43. The number of aromatic nitrogens is 4. The molecule has 0 spiro atoms. The summed E-state index contributed by atoms with van der Waals surface area (Å²) in [7, 11) is 3.35. The zero-order chi connectivity index (χ0) is 41.9. The van der Waals surface area contributed by atoms with Crippen molar-refractivity contribution in [2.24, 2.45) is 16.2 Å². The predicted octanol–water partition coefficient (Wildman–Crippen LogP) is 7.76. The number of carbonyl (C=O) groups is 2. The maximum atomic E-state index is 13.8. The van der Waals surface area contributed by atoms with E-state index in [2.05, 4.69) is 34.1 Å². The van der Waals surface area contributed by atoms with Crippen molar-refractivity contribution in [1.82, 2.24) is 25.1 Å². The molecule has 4 bridgehead atoms. The Balaban J connectivity index is 0.954. The minimum absolute atomic E-state index is 0.0262. The molecule has 5 aliphatic rings. The van der Waals surface area contributed by atoms with E-state index in [0.29, 0.717) is 60.5 Å². The number of hydrogen-bond acceptors (Lipinski definition) is 11.